The highest BCUT2D eigenvalue weighted by atomic mass is 19.1. The lowest BCUT2D eigenvalue weighted by Crippen LogP contribution is -2.05. The smallest absolute Gasteiger partial charge is 0.255 e. The maximum Gasteiger partial charge on any atom is 0.255 e. The van der Waals surface area contributed by atoms with Gasteiger partial charge in [0.1, 0.15) is 12.4 Å². The van der Waals surface area contributed by atoms with Crippen molar-refractivity contribution in [3.05, 3.63) is 54.3 Å². The third-order valence-corrected chi connectivity index (χ3v) is 3.65. The number of nitrogens with two attached hydrogens (primary N) is 1. The van der Waals surface area contributed by atoms with Gasteiger partial charge >= 0.3 is 0 Å². The Balaban J connectivity index is 1.74. The number of hydrogen-bond acceptors (Lipinski definition) is 8. The molecule has 28 heavy (non-hydrogen) atoms. The summed E-state index contributed by atoms with van der Waals surface area (Å²) < 4.78 is 24.6. The summed E-state index contributed by atoms with van der Waals surface area (Å²) in [4.78, 5) is 7.80. The van der Waals surface area contributed by atoms with E-state index in [4.69, 9.17) is 15.2 Å². The van der Waals surface area contributed by atoms with Crippen LogP contribution in [0.15, 0.2) is 48.5 Å². The molecular formula is C19H20FN5O3. The molecule has 0 atom stereocenters. The fourth-order valence-corrected chi connectivity index (χ4v) is 2.33. The van der Waals surface area contributed by atoms with Gasteiger partial charge in [0, 0.05) is 24.2 Å². The molecule has 8 nitrogen and oxygen atoms in total. The van der Waals surface area contributed by atoms with Gasteiger partial charge in [0.2, 0.25) is 11.8 Å². The number of hydrogen-bond donors (Lipinski definition) is 4. The van der Waals surface area contributed by atoms with Crippen molar-refractivity contribution in [1.82, 2.24) is 9.97 Å². The van der Waals surface area contributed by atoms with Gasteiger partial charge in [0.05, 0.1) is 6.61 Å². The Hall–Kier alpha value is -3.59. The standard InChI is InChI=1S/C19H20FN5O3/c1-27-9-10-28-15-7-5-13(6-8-15)23-19-24-17(16(20)18(26)25-19)22-14-4-2-3-12(21)11-14/h2-8,11H,9-10,21H2,1H3,(H3,22,23,24,25,26). The summed E-state index contributed by atoms with van der Waals surface area (Å²) >= 11 is 0. The zero-order valence-electron chi connectivity index (χ0n) is 15.1. The number of aromatic nitrogens is 2. The highest BCUT2D eigenvalue weighted by Gasteiger charge is 2.14. The average molecular weight is 385 g/mol. The predicted molar refractivity (Wildman–Crippen MR) is 105 cm³/mol. The lowest BCUT2D eigenvalue weighted by atomic mass is 10.3. The second-order valence-corrected chi connectivity index (χ2v) is 5.77. The molecule has 0 radical (unpaired) electrons. The second kappa shape index (κ2) is 8.87. The molecule has 146 valence electrons. The molecule has 9 heteroatoms. The number of aromatic hydroxyl groups is 1. The molecule has 0 bridgehead atoms. The Bertz CT molecular complexity index is 937. The first-order valence-corrected chi connectivity index (χ1v) is 8.43. The van der Waals surface area contributed by atoms with Crippen molar-refractivity contribution in [3.8, 4) is 11.6 Å². The summed E-state index contributed by atoms with van der Waals surface area (Å²) in [6.45, 7) is 0.933. The molecule has 0 fully saturated rings. The Morgan fingerprint density at radius 1 is 1.04 bits per heavy atom. The monoisotopic (exact) mass is 385 g/mol. The number of nitrogen functional groups attached to an aromatic ring is 1. The van der Waals surface area contributed by atoms with Gasteiger partial charge in [0.25, 0.3) is 5.88 Å². The summed E-state index contributed by atoms with van der Waals surface area (Å²) in [5.74, 6) is -1.22. The molecule has 0 aliphatic carbocycles. The zero-order valence-corrected chi connectivity index (χ0v) is 15.1. The van der Waals surface area contributed by atoms with Gasteiger partial charge < -0.3 is 30.9 Å². The molecule has 0 unspecified atom stereocenters. The number of benzene rings is 2. The number of methoxy groups -OCH3 is 1. The van der Waals surface area contributed by atoms with Crippen LogP contribution in [0.5, 0.6) is 11.6 Å². The van der Waals surface area contributed by atoms with Crippen LogP contribution >= 0.6 is 0 Å². The summed E-state index contributed by atoms with van der Waals surface area (Å²) in [6, 6.07) is 13.7. The van der Waals surface area contributed by atoms with Crippen LogP contribution in [0.2, 0.25) is 0 Å². The van der Waals surface area contributed by atoms with Gasteiger partial charge in [0.15, 0.2) is 5.82 Å². The SMILES string of the molecule is COCCOc1ccc(Nc2nc(O)c(F)c(Nc3cccc(N)c3)n2)cc1. The van der Waals surface area contributed by atoms with Crippen LogP contribution in [0, 0.1) is 5.82 Å². The largest absolute Gasteiger partial charge is 0.491 e. The molecule has 0 aliphatic rings. The molecule has 0 aliphatic heterocycles. The number of anilines is 5. The van der Waals surface area contributed by atoms with Gasteiger partial charge in [-0.15, -0.1) is 0 Å². The van der Waals surface area contributed by atoms with Gasteiger partial charge in [-0.1, -0.05) is 6.07 Å². The summed E-state index contributed by atoms with van der Waals surface area (Å²) in [5, 5.41) is 15.5. The van der Waals surface area contributed by atoms with Crippen molar-refractivity contribution in [2.24, 2.45) is 0 Å². The van der Waals surface area contributed by atoms with Crippen molar-refractivity contribution < 1.29 is 19.0 Å². The van der Waals surface area contributed by atoms with E-state index in [0.29, 0.717) is 36.0 Å². The third-order valence-electron chi connectivity index (χ3n) is 3.65. The highest BCUT2D eigenvalue weighted by Crippen LogP contribution is 2.27. The number of nitrogens with zero attached hydrogens (tertiary/aromatic N) is 2. The molecule has 2 aromatic carbocycles. The first kappa shape index (κ1) is 19.2. The maximum atomic E-state index is 14.2. The van der Waals surface area contributed by atoms with Gasteiger partial charge in [-0.2, -0.15) is 14.4 Å². The normalized spacial score (nSPS) is 10.5. The Kier molecular flexibility index (Phi) is 6.07. The molecule has 0 amide bonds. The van der Waals surface area contributed by atoms with E-state index in [0.717, 1.165) is 0 Å². The fraction of sp³-hybridized carbons (Fsp3) is 0.158. The van der Waals surface area contributed by atoms with Crippen molar-refractivity contribution in [2.75, 3.05) is 36.7 Å². The quantitative estimate of drug-likeness (QED) is 0.344. The number of nitrogens with one attached hydrogen (secondary N) is 2. The van der Waals surface area contributed by atoms with Crippen LogP contribution in [-0.4, -0.2) is 35.4 Å². The molecule has 0 spiro atoms. The average Bonchev–Trinajstić information content (AvgIpc) is 2.67. The van der Waals surface area contributed by atoms with E-state index >= 15 is 0 Å². The van der Waals surface area contributed by atoms with E-state index < -0.39 is 11.7 Å². The van der Waals surface area contributed by atoms with Gasteiger partial charge in [-0.25, -0.2) is 0 Å². The summed E-state index contributed by atoms with van der Waals surface area (Å²) in [5.41, 5.74) is 7.39. The molecule has 3 rings (SSSR count). The van der Waals surface area contributed by atoms with Crippen LogP contribution in [0.1, 0.15) is 0 Å². The topological polar surface area (TPSA) is 115 Å². The maximum absolute atomic E-state index is 14.2. The van der Waals surface area contributed by atoms with Crippen molar-refractivity contribution >= 4 is 28.8 Å². The zero-order chi connectivity index (χ0) is 19.9. The fourth-order valence-electron chi connectivity index (χ4n) is 2.33. The van der Waals surface area contributed by atoms with Crippen LogP contribution in [0.25, 0.3) is 0 Å². The Morgan fingerprint density at radius 3 is 2.54 bits per heavy atom. The highest BCUT2D eigenvalue weighted by molar-refractivity contribution is 5.64. The van der Waals surface area contributed by atoms with Crippen LogP contribution in [0.4, 0.5) is 33.2 Å². The summed E-state index contributed by atoms with van der Waals surface area (Å²) in [6.07, 6.45) is 0. The first-order valence-electron chi connectivity index (χ1n) is 8.43. The van der Waals surface area contributed by atoms with E-state index in [9.17, 15) is 9.50 Å². The third kappa shape index (κ3) is 4.98. The minimum atomic E-state index is -0.963. The van der Waals surface area contributed by atoms with Gasteiger partial charge in [-0.3, -0.25) is 0 Å². The minimum Gasteiger partial charge on any atom is -0.491 e. The van der Waals surface area contributed by atoms with E-state index in [1.54, 1.807) is 55.6 Å². The molecule has 1 heterocycles. The van der Waals surface area contributed by atoms with E-state index in [-0.39, 0.29) is 11.8 Å². The van der Waals surface area contributed by atoms with Crippen molar-refractivity contribution in [3.63, 3.8) is 0 Å². The lowest BCUT2D eigenvalue weighted by Gasteiger charge is -2.11. The van der Waals surface area contributed by atoms with Crippen LogP contribution < -0.4 is 21.1 Å². The van der Waals surface area contributed by atoms with E-state index in [2.05, 4.69) is 20.6 Å². The number of rotatable bonds is 8. The number of halogens is 1. The Morgan fingerprint density at radius 2 is 1.82 bits per heavy atom. The second-order valence-electron chi connectivity index (χ2n) is 5.77. The molecule has 5 N–H and O–H groups in total. The molecule has 3 aromatic rings. The van der Waals surface area contributed by atoms with Gasteiger partial charge in [-0.05, 0) is 42.5 Å². The Labute approximate surface area is 161 Å². The molecule has 0 saturated carbocycles. The lowest BCUT2D eigenvalue weighted by molar-refractivity contribution is 0.146. The predicted octanol–water partition coefficient (Wildman–Crippen LogP) is 3.42. The molecule has 1 aromatic heterocycles. The summed E-state index contributed by atoms with van der Waals surface area (Å²) in [7, 11) is 1.60. The molecular weight excluding hydrogens is 365 g/mol. The van der Waals surface area contributed by atoms with Crippen LogP contribution in [0.3, 0.4) is 0 Å². The van der Waals surface area contributed by atoms with Crippen molar-refractivity contribution in [2.45, 2.75) is 0 Å². The minimum absolute atomic E-state index is 0.0263. The van der Waals surface area contributed by atoms with E-state index in [1.165, 1.54) is 0 Å². The van der Waals surface area contributed by atoms with Crippen molar-refractivity contribution in [1.29, 1.82) is 0 Å². The van der Waals surface area contributed by atoms with Crippen LogP contribution in [-0.2, 0) is 4.74 Å². The molecule has 0 saturated heterocycles. The van der Waals surface area contributed by atoms with E-state index in [1.807, 2.05) is 0 Å². The number of ether oxygens (including phenoxy) is 2. The first-order chi connectivity index (χ1) is 13.5.